The van der Waals surface area contributed by atoms with E-state index >= 15 is 0 Å². The largest absolute Gasteiger partial charge is 0.281 e. The van der Waals surface area contributed by atoms with Crippen molar-refractivity contribution >= 4 is 16.8 Å². The lowest BCUT2D eigenvalue weighted by Crippen LogP contribution is -2.07. The van der Waals surface area contributed by atoms with E-state index in [-0.39, 0.29) is 5.91 Å². The van der Waals surface area contributed by atoms with Crippen molar-refractivity contribution < 1.29 is 4.79 Å². The zero-order valence-corrected chi connectivity index (χ0v) is 11.1. The van der Waals surface area contributed by atoms with Gasteiger partial charge in [-0.25, -0.2) is 4.98 Å². The van der Waals surface area contributed by atoms with Crippen molar-refractivity contribution in [3.8, 4) is 22.5 Å². The third-order valence-corrected chi connectivity index (χ3v) is 4.17. The fourth-order valence-corrected chi connectivity index (χ4v) is 3.23. The molecule has 0 fully saturated rings. The minimum atomic E-state index is 0.0227. The number of benzene rings is 2. The minimum Gasteiger partial charge on any atom is -0.281 e. The van der Waals surface area contributed by atoms with Crippen molar-refractivity contribution in [2.24, 2.45) is 0 Å². The Kier molecular flexibility index (Phi) is 1.84. The summed E-state index contributed by atoms with van der Waals surface area (Å²) >= 11 is 0. The molecule has 3 aliphatic rings. The van der Waals surface area contributed by atoms with Gasteiger partial charge in [0.05, 0.1) is 16.9 Å². The first-order valence-electron chi connectivity index (χ1n) is 6.88. The number of rotatable bonds is 0. The fraction of sp³-hybridized carbons (Fsp3) is 0. The molecule has 5 rings (SSSR count). The number of fused-ring (bicyclic) bond motifs is 7. The Morgan fingerprint density at radius 1 is 0.810 bits per heavy atom. The van der Waals surface area contributed by atoms with Crippen LogP contribution in [0.5, 0.6) is 0 Å². The van der Waals surface area contributed by atoms with E-state index in [0.29, 0.717) is 0 Å². The van der Waals surface area contributed by atoms with E-state index in [4.69, 9.17) is 4.98 Å². The molecular weight excluding hydrogens is 260 g/mol. The molecule has 2 aromatic rings. The van der Waals surface area contributed by atoms with Crippen LogP contribution >= 0.6 is 0 Å². The highest BCUT2D eigenvalue weighted by Gasteiger charge is 2.30. The number of carbonyl (C=O) groups is 1. The van der Waals surface area contributed by atoms with Gasteiger partial charge in [-0.15, -0.1) is 0 Å². The molecule has 3 heteroatoms. The number of hydrogen-bond acceptors (Lipinski definition) is 2. The van der Waals surface area contributed by atoms with Gasteiger partial charge in [-0.3, -0.25) is 9.36 Å². The Hall–Kier alpha value is -2.94. The summed E-state index contributed by atoms with van der Waals surface area (Å²) in [6, 6.07) is 17.8. The molecule has 0 saturated carbocycles. The average Bonchev–Trinajstić information content (AvgIpc) is 3.04. The third kappa shape index (κ3) is 1.23. The van der Waals surface area contributed by atoms with Crippen molar-refractivity contribution in [3.05, 3.63) is 66.4 Å². The molecule has 2 aromatic carbocycles. The molecule has 21 heavy (non-hydrogen) atoms. The summed E-state index contributed by atoms with van der Waals surface area (Å²) in [5, 5.41) is 1.13. The maximum absolute atomic E-state index is 12.5. The zero-order chi connectivity index (χ0) is 14.0. The summed E-state index contributed by atoms with van der Waals surface area (Å²) in [6.45, 7) is 0. The third-order valence-electron chi connectivity index (χ3n) is 4.17. The van der Waals surface area contributed by atoms with Crippen molar-refractivity contribution in [1.82, 2.24) is 9.55 Å². The highest BCUT2D eigenvalue weighted by Crippen LogP contribution is 2.42. The lowest BCUT2D eigenvalue weighted by molar-refractivity contribution is 0.0968. The van der Waals surface area contributed by atoms with Gasteiger partial charge >= 0.3 is 0 Å². The molecule has 0 atom stereocenters. The van der Waals surface area contributed by atoms with E-state index in [9.17, 15) is 4.79 Å². The number of hydrogen-bond donors (Lipinski definition) is 0. The van der Waals surface area contributed by atoms with E-state index in [2.05, 4.69) is 6.07 Å². The van der Waals surface area contributed by atoms with Crippen LogP contribution in [0.25, 0.3) is 33.4 Å². The number of aromatic nitrogens is 2. The first-order chi connectivity index (χ1) is 10.3. The van der Waals surface area contributed by atoms with Gasteiger partial charge in [0, 0.05) is 28.3 Å². The number of pyridine rings is 1. The Labute approximate surface area is 120 Å². The standard InChI is InChI=1S/C18H10N2O/c21-18-14-7-2-1-6-13(14)17-16-12(9-10-20(17)18)11-5-3-4-8-15(11)19-16/h1-10H. The van der Waals surface area contributed by atoms with Gasteiger partial charge in [-0.1, -0.05) is 36.4 Å². The van der Waals surface area contributed by atoms with Crippen LogP contribution in [-0.4, -0.2) is 15.5 Å². The van der Waals surface area contributed by atoms with Crippen LogP contribution in [-0.2, 0) is 0 Å². The predicted octanol–water partition coefficient (Wildman–Crippen LogP) is 3.81. The van der Waals surface area contributed by atoms with Gasteiger partial charge in [0.25, 0.3) is 5.91 Å². The number of nitrogens with zero attached hydrogens (tertiary/aromatic N) is 2. The highest BCUT2D eigenvalue weighted by atomic mass is 16.2. The molecule has 0 radical (unpaired) electrons. The Bertz CT molecular complexity index is 1010. The van der Waals surface area contributed by atoms with Crippen molar-refractivity contribution in [3.63, 3.8) is 0 Å². The van der Waals surface area contributed by atoms with Crippen LogP contribution < -0.4 is 0 Å². The van der Waals surface area contributed by atoms with Crippen LogP contribution in [0.4, 0.5) is 0 Å². The first-order valence-corrected chi connectivity index (χ1v) is 6.88. The van der Waals surface area contributed by atoms with Crippen LogP contribution in [0.3, 0.4) is 0 Å². The van der Waals surface area contributed by atoms with Crippen molar-refractivity contribution in [2.45, 2.75) is 0 Å². The van der Waals surface area contributed by atoms with E-state index in [1.807, 2.05) is 54.7 Å². The lowest BCUT2D eigenvalue weighted by atomic mass is 10.0. The zero-order valence-electron chi connectivity index (χ0n) is 11.1. The van der Waals surface area contributed by atoms with Gasteiger partial charge in [0.1, 0.15) is 0 Å². The second-order valence-electron chi connectivity index (χ2n) is 5.28. The molecule has 0 amide bonds. The summed E-state index contributed by atoms with van der Waals surface area (Å²) < 4.78 is 1.71. The van der Waals surface area contributed by atoms with E-state index in [1.165, 1.54) is 0 Å². The first kappa shape index (κ1) is 10.8. The van der Waals surface area contributed by atoms with Crippen molar-refractivity contribution in [2.75, 3.05) is 0 Å². The summed E-state index contributed by atoms with van der Waals surface area (Å²) in [5.41, 5.74) is 5.59. The second kappa shape index (κ2) is 3.58. The van der Waals surface area contributed by atoms with Gasteiger partial charge < -0.3 is 0 Å². The quantitative estimate of drug-likeness (QED) is 0.429. The number of para-hydroxylation sites is 1. The molecule has 0 saturated heterocycles. The van der Waals surface area contributed by atoms with Gasteiger partial charge in [0.2, 0.25) is 0 Å². The highest BCUT2D eigenvalue weighted by molar-refractivity contribution is 6.13. The maximum Gasteiger partial charge on any atom is 0.263 e. The van der Waals surface area contributed by atoms with E-state index < -0.39 is 0 Å². The Balaban J connectivity index is 1.98. The molecular formula is C18H10N2O. The van der Waals surface area contributed by atoms with E-state index in [1.54, 1.807) is 4.57 Å². The molecule has 3 nitrogen and oxygen atoms in total. The normalized spacial score (nSPS) is 12.9. The molecule has 0 spiro atoms. The van der Waals surface area contributed by atoms with Crippen LogP contribution in [0.15, 0.2) is 60.8 Å². The smallest absolute Gasteiger partial charge is 0.263 e. The molecule has 0 bridgehead atoms. The fourth-order valence-electron chi connectivity index (χ4n) is 3.23. The molecule has 0 N–H and O–H groups in total. The topological polar surface area (TPSA) is 34.9 Å². The van der Waals surface area contributed by atoms with Crippen LogP contribution in [0.1, 0.15) is 10.4 Å². The number of carbonyl (C=O) groups excluding carboxylic acids is 1. The minimum absolute atomic E-state index is 0.0227. The van der Waals surface area contributed by atoms with E-state index in [0.717, 1.165) is 39.0 Å². The molecule has 0 aliphatic carbocycles. The Morgan fingerprint density at radius 3 is 2.48 bits per heavy atom. The molecule has 98 valence electrons. The molecule has 3 aliphatic heterocycles. The molecule has 3 heterocycles. The SMILES string of the molecule is O=C1c2ccccc2-c2c3nc4ccccc4c-3ccn21. The monoisotopic (exact) mass is 270 g/mol. The average molecular weight is 270 g/mol. The van der Waals surface area contributed by atoms with Crippen LogP contribution in [0.2, 0.25) is 0 Å². The summed E-state index contributed by atoms with van der Waals surface area (Å²) in [4.78, 5) is 17.2. The summed E-state index contributed by atoms with van der Waals surface area (Å²) in [5.74, 6) is 0.0227. The Morgan fingerprint density at radius 2 is 1.57 bits per heavy atom. The van der Waals surface area contributed by atoms with Gasteiger partial charge in [-0.05, 0) is 18.2 Å². The summed E-state index contributed by atoms with van der Waals surface area (Å²) in [6.07, 6.45) is 1.86. The predicted molar refractivity (Wildman–Crippen MR) is 81.5 cm³/mol. The van der Waals surface area contributed by atoms with Gasteiger partial charge in [-0.2, -0.15) is 0 Å². The summed E-state index contributed by atoms with van der Waals surface area (Å²) in [7, 11) is 0. The van der Waals surface area contributed by atoms with Gasteiger partial charge in [0.15, 0.2) is 0 Å². The second-order valence-corrected chi connectivity index (χ2v) is 5.28. The molecule has 0 aromatic heterocycles. The molecule has 0 unspecified atom stereocenters. The maximum atomic E-state index is 12.5. The van der Waals surface area contributed by atoms with Crippen LogP contribution in [0, 0.1) is 0 Å². The lowest BCUT2D eigenvalue weighted by Gasteiger charge is -2.07. The van der Waals surface area contributed by atoms with Crippen molar-refractivity contribution in [1.29, 1.82) is 0 Å².